The van der Waals surface area contributed by atoms with Crippen molar-refractivity contribution in [2.24, 2.45) is 0 Å². The number of hydrogen-bond donors (Lipinski definition) is 2. The van der Waals surface area contributed by atoms with E-state index in [0.29, 0.717) is 5.56 Å². The van der Waals surface area contributed by atoms with Crippen molar-refractivity contribution in [3.8, 4) is 0 Å². The van der Waals surface area contributed by atoms with Crippen molar-refractivity contribution < 1.29 is 19.7 Å². The van der Waals surface area contributed by atoms with Crippen LogP contribution in [0.15, 0.2) is 72.9 Å². The number of hydrogen-bond acceptors (Lipinski definition) is 4. The fourth-order valence-corrected chi connectivity index (χ4v) is 2.21. The number of para-hydroxylation sites is 1. The van der Waals surface area contributed by atoms with Crippen molar-refractivity contribution in [1.29, 1.82) is 0 Å². The molecule has 0 aliphatic heterocycles. The molecule has 124 valence electrons. The molecule has 5 heteroatoms. The van der Waals surface area contributed by atoms with Gasteiger partial charge in [-0.2, -0.15) is 0 Å². The van der Waals surface area contributed by atoms with E-state index in [-0.39, 0.29) is 6.61 Å². The van der Waals surface area contributed by atoms with E-state index in [1.54, 1.807) is 30.3 Å². The average molecular weight is 325 g/mol. The van der Waals surface area contributed by atoms with Crippen molar-refractivity contribution in [2.45, 2.75) is 5.60 Å². The number of benzene rings is 2. The summed E-state index contributed by atoms with van der Waals surface area (Å²) in [4.78, 5) is 15.1. The summed E-state index contributed by atoms with van der Waals surface area (Å²) in [5, 5.41) is 19.9. The zero-order chi connectivity index (χ0) is 17.4. The number of aromatic nitrogens is 1. The summed E-state index contributed by atoms with van der Waals surface area (Å²) in [6.45, 7) is -0.271. The predicted molar refractivity (Wildman–Crippen MR) is 91.6 cm³/mol. The number of carboxylic acids is 1. The van der Waals surface area contributed by atoms with Gasteiger partial charge in [-0.15, -0.1) is 0 Å². The molecule has 3 rings (SSSR count). The number of pyridine rings is 1. The minimum Gasteiger partial charge on any atom is -0.479 e. The quantitative estimate of drug-likeness (QED) is 0.771. The standard InChI is InChI=1S/C10H12O4.C9H7N/c1-14-7-10(13,9(11)12)8-5-3-2-4-6-8;1-2-6-9-8(4-1)5-3-7-10-9/h2-6,13H,7H2,1H3,(H,11,12);1-7H. The van der Waals surface area contributed by atoms with Gasteiger partial charge in [-0.25, -0.2) is 4.79 Å². The highest BCUT2D eigenvalue weighted by atomic mass is 16.5. The molecule has 0 fully saturated rings. The first-order valence-electron chi connectivity index (χ1n) is 7.38. The van der Waals surface area contributed by atoms with Crippen LogP contribution in [0.2, 0.25) is 0 Å². The molecular formula is C19H19NO4. The second kappa shape index (κ2) is 8.19. The van der Waals surface area contributed by atoms with Gasteiger partial charge in [-0.1, -0.05) is 54.6 Å². The number of fused-ring (bicyclic) bond motifs is 1. The lowest BCUT2D eigenvalue weighted by Gasteiger charge is -2.22. The second-order valence-corrected chi connectivity index (χ2v) is 5.16. The summed E-state index contributed by atoms with van der Waals surface area (Å²) < 4.78 is 4.69. The maximum absolute atomic E-state index is 10.9. The molecule has 2 aromatic carbocycles. The summed E-state index contributed by atoms with van der Waals surface area (Å²) in [7, 11) is 1.34. The maximum Gasteiger partial charge on any atom is 0.342 e. The average Bonchev–Trinajstić information content (AvgIpc) is 2.63. The number of nitrogens with zero attached hydrogens (tertiary/aromatic N) is 1. The summed E-state index contributed by atoms with van der Waals surface area (Å²) in [5.74, 6) is -1.31. The van der Waals surface area contributed by atoms with Crippen molar-refractivity contribution in [3.05, 3.63) is 78.5 Å². The third kappa shape index (κ3) is 4.16. The van der Waals surface area contributed by atoms with Crippen LogP contribution < -0.4 is 0 Å². The fraction of sp³-hybridized carbons (Fsp3) is 0.158. The van der Waals surface area contributed by atoms with Crippen LogP contribution in [0.25, 0.3) is 10.9 Å². The smallest absolute Gasteiger partial charge is 0.342 e. The van der Waals surface area contributed by atoms with Gasteiger partial charge in [0.2, 0.25) is 5.60 Å². The number of rotatable bonds is 4. The normalized spacial score (nSPS) is 12.8. The molecule has 0 aliphatic rings. The number of carboxylic acid groups (broad SMARTS) is 1. The Morgan fingerprint density at radius 1 is 1.04 bits per heavy atom. The molecule has 1 atom stereocenters. The first-order valence-corrected chi connectivity index (χ1v) is 7.38. The third-order valence-corrected chi connectivity index (χ3v) is 3.47. The van der Waals surface area contributed by atoms with Gasteiger partial charge in [0, 0.05) is 18.7 Å². The molecule has 24 heavy (non-hydrogen) atoms. The molecule has 0 saturated heterocycles. The Balaban J connectivity index is 0.000000182. The molecule has 0 radical (unpaired) electrons. The number of methoxy groups -OCH3 is 1. The molecule has 0 bridgehead atoms. The molecule has 3 aromatic rings. The van der Waals surface area contributed by atoms with Crippen molar-refractivity contribution in [3.63, 3.8) is 0 Å². The Morgan fingerprint density at radius 2 is 1.67 bits per heavy atom. The Labute approximate surface area is 140 Å². The summed E-state index contributed by atoms with van der Waals surface area (Å²) >= 11 is 0. The first kappa shape index (κ1) is 17.6. The van der Waals surface area contributed by atoms with Crippen LogP contribution in [-0.4, -0.2) is 34.9 Å². The number of ether oxygens (including phenoxy) is 1. The lowest BCUT2D eigenvalue weighted by atomic mass is 9.95. The Kier molecular flexibility index (Phi) is 6.01. The Hall–Kier alpha value is -2.76. The van der Waals surface area contributed by atoms with Gasteiger partial charge < -0.3 is 14.9 Å². The summed E-state index contributed by atoms with van der Waals surface area (Å²) in [6.07, 6.45) is 1.81. The largest absolute Gasteiger partial charge is 0.479 e. The predicted octanol–water partition coefficient (Wildman–Crippen LogP) is 2.84. The van der Waals surface area contributed by atoms with E-state index in [1.807, 2.05) is 30.5 Å². The van der Waals surface area contributed by atoms with Crippen molar-refractivity contribution in [2.75, 3.05) is 13.7 Å². The van der Waals surface area contributed by atoms with Crippen LogP contribution in [0.3, 0.4) is 0 Å². The van der Waals surface area contributed by atoms with E-state index in [1.165, 1.54) is 12.5 Å². The molecule has 0 saturated carbocycles. The van der Waals surface area contributed by atoms with Crippen molar-refractivity contribution >= 4 is 16.9 Å². The van der Waals surface area contributed by atoms with Crippen LogP contribution in [0.5, 0.6) is 0 Å². The zero-order valence-electron chi connectivity index (χ0n) is 13.3. The fourth-order valence-electron chi connectivity index (χ4n) is 2.21. The van der Waals surface area contributed by atoms with Gasteiger partial charge in [-0.05, 0) is 17.7 Å². The van der Waals surface area contributed by atoms with Gasteiger partial charge >= 0.3 is 5.97 Å². The van der Waals surface area contributed by atoms with Gasteiger partial charge in [0.1, 0.15) is 0 Å². The minimum atomic E-state index is -1.96. The molecule has 1 aromatic heterocycles. The lowest BCUT2D eigenvalue weighted by molar-refractivity contribution is -0.165. The summed E-state index contributed by atoms with van der Waals surface area (Å²) in [6, 6.07) is 20.3. The SMILES string of the molecule is COCC(O)(C(=O)O)c1ccccc1.c1ccc2ncccc2c1. The van der Waals surface area contributed by atoms with Crippen LogP contribution in [0.1, 0.15) is 5.56 Å². The van der Waals surface area contributed by atoms with Crippen LogP contribution in [0, 0.1) is 0 Å². The third-order valence-electron chi connectivity index (χ3n) is 3.47. The first-order chi connectivity index (χ1) is 11.6. The Morgan fingerprint density at radius 3 is 2.29 bits per heavy atom. The highest BCUT2D eigenvalue weighted by molar-refractivity contribution is 5.79. The van der Waals surface area contributed by atoms with Gasteiger partial charge in [0.25, 0.3) is 0 Å². The minimum absolute atomic E-state index is 0.271. The van der Waals surface area contributed by atoms with Crippen LogP contribution in [0.4, 0.5) is 0 Å². The molecule has 2 N–H and O–H groups in total. The zero-order valence-corrected chi connectivity index (χ0v) is 13.3. The molecular weight excluding hydrogens is 306 g/mol. The van der Waals surface area contributed by atoms with E-state index >= 15 is 0 Å². The second-order valence-electron chi connectivity index (χ2n) is 5.16. The number of aliphatic hydroxyl groups is 1. The molecule has 0 aliphatic carbocycles. The van der Waals surface area contributed by atoms with E-state index in [0.717, 1.165) is 5.52 Å². The van der Waals surface area contributed by atoms with Crippen LogP contribution >= 0.6 is 0 Å². The Bertz CT molecular complexity index is 726. The topological polar surface area (TPSA) is 79.7 Å². The molecule has 5 nitrogen and oxygen atoms in total. The molecule has 0 amide bonds. The highest BCUT2D eigenvalue weighted by Crippen LogP contribution is 2.21. The van der Waals surface area contributed by atoms with E-state index in [4.69, 9.17) is 9.84 Å². The summed E-state index contributed by atoms with van der Waals surface area (Å²) in [5.41, 5.74) is -0.588. The van der Waals surface area contributed by atoms with E-state index in [9.17, 15) is 9.90 Å². The highest BCUT2D eigenvalue weighted by Gasteiger charge is 2.37. The van der Waals surface area contributed by atoms with Crippen molar-refractivity contribution in [1.82, 2.24) is 4.98 Å². The lowest BCUT2D eigenvalue weighted by Crippen LogP contribution is -2.39. The van der Waals surface area contributed by atoms with Gasteiger partial charge in [0.15, 0.2) is 0 Å². The molecule has 1 heterocycles. The monoisotopic (exact) mass is 325 g/mol. The van der Waals surface area contributed by atoms with Crippen LogP contribution in [-0.2, 0) is 15.1 Å². The van der Waals surface area contributed by atoms with E-state index < -0.39 is 11.6 Å². The van der Waals surface area contributed by atoms with E-state index in [2.05, 4.69) is 17.1 Å². The number of aliphatic carboxylic acids is 1. The molecule has 1 unspecified atom stereocenters. The van der Waals surface area contributed by atoms with Gasteiger partial charge in [0.05, 0.1) is 12.1 Å². The number of carbonyl (C=O) groups is 1. The maximum atomic E-state index is 10.9. The molecule has 0 spiro atoms. The van der Waals surface area contributed by atoms with Gasteiger partial charge in [-0.3, -0.25) is 4.98 Å².